The molecule has 0 spiro atoms. The van der Waals surface area contributed by atoms with E-state index in [1.165, 1.54) is 0 Å². The largest absolute Gasteiger partial charge is 0.497 e. The summed E-state index contributed by atoms with van der Waals surface area (Å²) in [5, 5.41) is 0. The van der Waals surface area contributed by atoms with Crippen LogP contribution in [0.5, 0.6) is 11.5 Å². The van der Waals surface area contributed by atoms with Crippen LogP contribution in [-0.4, -0.2) is 16.5 Å². The molecule has 0 unspecified atom stereocenters. The van der Waals surface area contributed by atoms with Crippen LogP contribution in [-0.2, 0) is 6.61 Å². The average Bonchev–Trinajstić information content (AvgIpc) is 2.90. The maximum absolute atomic E-state index is 5.87. The molecule has 0 amide bonds. The number of imidazole rings is 1. The lowest BCUT2D eigenvalue weighted by Gasteiger charge is -2.07. The molecule has 5 nitrogen and oxygen atoms in total. The number of hydrogen-bond acceptors (Lipinski definition) is 4. The van der Waals surface area contributed by atoms with Crippen LogP contribution in [0.25, 0.3) is 5.65 Å². The fourth-order valence-electron chi connectivity index (χ4n) is 2.04. The molecule has 0 aliphatic heterocycles. The van der Waals surface area contributed by atoms with Crippen molar-refractivity contribution in [2.75, 3.05) is 12.8 Å². The van der Waals surface area contributed by atoms with Crippen LogP contribution in [0.4, 0.5) is 5.69 Å². The number of methoxy groups -OCH3 is 1. The molecule has 2 aromatic heterocycles. The normalized spacial score (nSPS) is 10.7. The molecule has 3 rings (SSSR count). The average molecular weight is 269 g/mol. The Morgan fingerprint density at radius 1 is 1.20 bits per heavy atom. The van der Waals surface area contributed by atoms with E-state index in [0.29, 0.717) is 12.3 Å². The van der Waals surface area contributed by atoms with Gasteiger partial charge in [-0.3, -0.25) is 4.40 Å². The van der Waals surface area contributed by atoms with Crippen LogP contribution in [0.15, 0.2) is 48.8 Å². The summed E-state index contributed by atoms with van der Waals surface area (Å²) < 4.78 is 12.8. The minimum absolute atomic E-state index is 0.414. The van der Waals surface area contributed by atoms with Gasteiger partial charge in [0.15, 0.2) is 5.65 Å². The number of anilines is 1. The van der Waals surface area contributed by atoms with Gasteiger partial charge in [-0.15, -0.1) is 0 Å². The van der Waals surface area contributed by atoms with Crippen molar-refractivity contribution in [2.24, 2.45) is 0 Å². The summed E-state index contributed by atoms with van der Waals surface area (Å²) in [6, 6.07) is 11.2. The van der Waals surface area contributed by atoms with Gasteiger partial charge in [0, 0.05) is 12.3 Å². The molecule has 5 heteroatoms. The standard InChI is InChI=1S/C15H15N3O2/c1-19-12-4-2-5-13(8-12)20-10-11-9-17-15-14(16)6-3-7-18(11)15/h2-9H,10,16H2,1H3. The van der Waals surface area contributed by atoms with Crippen molar-refractivity contribution < 1.29 is 9.47 Å². The van der Waals surface area contributed by atoms with Crippen molar-refractivity contribution in [2.45, 2.75) is 6.61 Å². The minimum Gasteiger partial charge on any atom is -0.497 e. The van der Waals surface area contributed by atoms with E-state index in [9.17, 15) is 0 Å². The van der Waals surface area contributed by atoms with Crippen LogP contribution in [0.2, 0.25) is 0 Å². The molecular formula is C15H15N3O2. The third-order valence-corrected chi connectivity index (χ3v) is 3.07. The van der Waals surface area contributed by atoms with E-state index in [0.717, 1.165) is 22.8 Å². The zero-order valence-electron chi connectivity index (χ0n) is 11.1. The third kappa shape index (κ3) is 2.25. The van der Waals surface area contributed by atoms with E-state index >= 15 is 0 Å². The first-order chi connectivity index (χ1) is 9.78. The van der Waals surface area contributed by atoms with Crippen LogP contribution in [0, 0.1) is 0 Å². The van der Waals surface area contributed by atoms with E-state index in [-0.39, 0.29) is 0 Å². The fraction of sp³-hybridized carbons (Fsp3) is 0.133. The molecule has 1 aromatic carbocycles. The van der Waals surface area contributed by atoms with Gasteiger partial charge in [-0.25, -0.2) is 4.98 Å². The van der Waals surface area contributed by atoms with Crippen molar-refractivity contribution >= 4 is 11.3 Å². The maximum atomic E-state index is 5.87. The van der Waals surface area contributed by atoms with Gasteiger partial charge in [-0.05, 0) is 24.3 Å². The molecule has 0 atom stereocenters. The van der Waals surface area contributed by atoms with Gasteiger partial charge < -0.3 is 15.2 Å². The van der Waals surface area contributed by atoms with E-state index in [4.69, 9.17) is 15.2 Å². The van der Waals surface area contributed by atoms with Gasteiger partial charge in [0.1, 0.15) is 18.1 Å². The molecule has 0 bridgehead atoms. The Bertz CT molecular complexity index is 737. The summed E-state index contributed by atoms with van der Waals surface area (Å²) in [5.74, 6) is 1.52. The van der Waals surface area contributed by atoms with E-state index < -0.39 is 0 Å². The first-order valence-electron chi connectivity index (χ1n) is 6.25. The number of pyridine rings is 1. The molecule has 3 aromatic rings. The Morgan fingerprint density at radius 2 is 2.05 bits per heavy atom. The van der Waals surface area contributed by atoms with Crippen molar-refractivity contribution in [1.29, 1.82) is 0 Å². The van der Waals surface area contributed by atoms with Crippen LogP contribution >= 0.6 is 0 Å². The fourth-order valence-corrected chi connectivity index (χ4v) is 2.04. The predicted molar refractivity (Wildman–Crippen MR) is 76.9 cm³/mol. The second-order valence-electron chi connectivity index (χ2n) is 4.37. The Labute approximate surface area is 116 Å². The second-order valence-corrected chi connectivity index (χ2v) is 4.37. The summed E-state index contributed by atoms with van der Waals surface area (Å²) in [6.45, 7) is 0.414. The van der Waals surface area contributed by atoms with Crippen LogP contribution in [0.3, 0.4) is 0 Å². The van der Waals surface area contributed by atoms with E-state index in [2.05, 4.69) is 4.98 Å². The smallest absolute Gasteiger partial charge is 0.160 e. The predicted octanol–water partition coefficient (Wildman–Crippen LogP) is 2.50. The second kappa shape index (κ2) is 5.13. The molecule has 2 heterocycles. The molecule has 0 aliphatic carbocycles. The number of benzene rings is 1. The number of nitrogen functional groups attached to an aromatic ring is 1. The van der Waals surface area contributed by atoms with Gasteiger partial charge in [-0.1, -0.05) is 6.07 Å². The monoisotopic (exact) mass is 269 g/mol. The maximum Gasteiger partial charge on any atom is 0.160 e. The van der Waals surface area contributed by atoms with E-state index in [1.807, 2.05) is 47.0 Å². The SMILES string of the molecule is COc1cccc(OCc2cnc3c(N)cccn23)c1. The zero-order chi connectivity index (χ0) is 13.9. The summed E-state index contributed by atoms with van der Waals surface area (Å²) in [4.78, 5) is 4.30. The quantitative estimate of drug-likeness (QED) is 0.790. The van der Waals surface area contributed by atoms with Gasteiger partial charge >= 0.3 is 0 Å². The number of nitrogens with zero attached hydrogens (tertiary/aromatic N) is 2. The number of nitrogens with two attached hydrogens (primary N) is 1. The van der Waals surface area contributed by atoms with Crippen molar-refractivity contribution in [3.63, 3.8) is 0 Å². The summed E-state index contributed by atoms with van der Waals surface area (Å²) >= 11 is 0. The lowest BCUT2D eigenvalue weighted by atomic mass is 10.3. The first-order valence-corrected chi connectivity index (χ1v) is 6.25. The van der Waals surface area contributed by atoms with Gasteiger partial charge in [-0.2, -0.15) is 0 Å². The Hall–Kier alpha value is -2.69. The van der Waals surface area contributed by atoms with Crippen LogP contribution < -0.4 is 15.2 Å². The molecular weight excluding hydrogens is 254 g/mol. The summed E-state index contributed by atoms with van der Waals surface area (Å²) in [6.07, 6.45) is 3.69. The highest BCUT2D eigenvalue weighted by atomic mass is 16.5. The zero-order valence-corrected chi connectivity index (χ0v) is 11.1. The van der Waals surface area contributed by atoms with Gasteiger partial charge in [0.05, 0.1) is 24.7 Å². The number of hydrogen-bond donors (Lipinski definition) is 1. The van der Waals surface area contributed by atoms with Gasteiger partial charge in [0.25, 0.3) is 0 Å². The molecule has 20 heavy (non-hydrogen) atoms. The Balaban J connectivity index is 1.81. The van der Waals surface area contributed by atoms with Crippen molar-refractivity contribution in [3.05, 3.63) is 54.5 Å². The van der Waals surface area contributed by atoms with Crippen molar-refractivity contribution in [3.8, 4) is 11.5 Å². The third-order valence-electron chi connectivity index (χ3n) is 3.07. The Kier molecular flexibility index (Phi) is 3.16. The minimum atomic E-state index is 0.414. The highest BCUT2D eigenvalue weighted by molar-refractivity contribution is 5.64. The molecule has 0 saturated carbocycles. The topological polar surface area (TPSA) is 61.8 Å². The Morgan fingerprint density at radius 3 is 2.90 bits per heavy atom. The highest BCUT2D eigenvalue weighted by Crippen LogP contribution is 2.20. The van der Waals surface area contributed by atoms with Crippen LogP contribution in [0.1, 0.15) is 5.69 Å². The molecule has 0 aliphatic rings. The molecule has 0 fully saturated rings. The van der Waals surface area contributed by atoms with Crippen molar-refractivity contribution in [1.82, 2.24) is 9.38 Å². The molecule has 0 radical (unpaired) electrons. The van der Waals surface area contributed by atoms with Gasteiger partial charge in [0.2, 0.25) is 0 Å². The number of fused-ring (bicyclic) bond motifs is 1. The lowest BCUT2D eigenvalue weighted by molar-refractivity contribution is 0.298. The summed E-state index contributed by atoms with van der Waals surface area (Å²) in [7, 11) is 1.63. The number of ether oxygens (including phenoxy) is 2. The number of rotatable bonds is 4. The lowest BCUT2D eigenvalue weighted by Crippen LogP contribution is -2.00. The van der Waals surface area contributed by atoms with E-state index in [1.54, 1.807) is 13.3 Å². The first kappa shape index (κ1) is 12.3. The molecule has 2 N–H and O–H groups in total. The summed E-state index contributed by atoms with van der Waals surface area (Å²) in [5.41, 5.74) is 8.21. The molecule has 102 valence electrons. The molecule has 0 saturated heterocycles. The number of aromatic nitrogens is 2. The highest BCUT2D eigenvalue weighted by Gasteiger charge is 2.06.